The number of nitrogens with zero attached hydrogens (tertiary/aromatic N) is 1. The van der Waals surface area contributed by atoms with Crippen LogP contribution in [-0.2, 0) is 4.79 Å². The van der Waals surface area contributed by atoms with E-state index in [4.69, 9.17) is 5.73 Å². The number of amides is 1. The molecular formula is C13H24N2O. The van der Waals surface area contributed by atoms with E-state index in [1.165, 1.54) is 6.42 Å². The molecule has 3 heteroatoms. The summed E-state index contributed by atoms with van der Waals surface area (Å²) >= 11 is 0. The summed E-state index contributed by atoms with van der Waals surface area (Å²) in [6.07, 6.45) is 4.32. The van der Waals surface area contributed by atoms with Gasteiger partial charge >= 0.3 is 0 Å². The molecule has 0 aromatic heterocycles. The zero-order chi connectivity index (χ0) is 11.8. The average molecular weight is 224 g/mol. The van der Waals surface area contributed by atoms with Crippen molar-refractivity contribution < 1.29 is 4.79 Å². The minimum atomic E-state index is -0.180. The summed E-state index contributed by atoms with van der Waals surface area (Å²) in [4.78, 5) is 14.5. The van der Waals surface area contributed by atoms with E-state index in [0.29, 0.717) is 18.4 Å². The van der Waals surface area contributed by atoms with Crippen LogP contribution in [0.1, 0.15) is 39.5 Å². The van der Waals surface area contributed by atoms with Crippen molar-refractivity contribution in [1.82, 2.24) is 4.90 Å². The first kappa shape index (κ1) is 11.9. The second-order valence-corrected chi connectivity index (χ2v) is 5.83. The predicted octanol–water partition coefficient (Wildman–Crippen LogP) is 1.62. The third kappa shape index (κ3) is 1.86. The number of rotatable bonds is 2. The standard InChI is InChI=1S/C13H24N2O/c1-10-4-7-15(8-11(10)2)12(16)13(9-14)5-3-6-13/h10-11H,3-9,14H2,1-2H3. The first-order valence-corrected chi connectivity index (χ1v) is 6.58. The molecule has 16 heavy (non-hydrogen) atoms. The fourth-order valence-electron chi connectivity index (χ4n) is 2.89. The smallest absolute Gasteiger partial charge is 0.230 e. The molecular weight excluding hydrogens is 200 g/mol. The molecule has 0 bridgehead atoms. The Labute approximate surface area is 98.4 Å². The minimum absolute atomic E-state index is 0.180. The van der Waals surface area contributed by atoms with Gasteiger partial charge in [0.2, 0.25) is 5.91 Å². The van der Waals surface area contributed by atoms with Crippen molar-refractivity contribution in [2.45, 2.75) is 39.5 Å². The Bertz CT molecular complexity index is 268. The van der Waals surface area contributed by atoms with E-state index in [0.717, 1.165) is 38.3 Å². The lowest BCUT2D eigenvalue weighted by molar-refractivity contribution is -0.149. The van der Waals surface area contributed by atoms with Gasteiger partial charge in [-0.05, 0) is 31.1 Å². The molecule has 3 nitrogen and oxygen atoms in total. The lowest BCUT2D eigenvalue weighted by Crippen LogP contribution is -2.54. The maximum atomic E-state index is 12.4. The fraction of sp³-hybridized carbons (Fsp3) is 0.923. The zero-order valence-corrected chi connectivity index (χ0v) is 10.5. The first-order valence-electron chi connectivity index (χ1n) is 6.58. The molecule has 0 aromatic carbocycles. The van der Waals surface area contributed by atoms with Gasteiger partial charge in [-0.3, -0.25) is 4.79 Å². The monoisotopic (exact) mass is 224 g/mol. The molecule has 2 unspecified atom stereocenters. The van der Waals surface area contributed by atoms with E-state index >= 15 is 0 Å². The van der Waals surface area contributed by atoms with Crippen molar-refractivity contribution >= 4 is 5.91 Å². The van der Waals surface area contributed by atoms with Gasteiger partial charge in [-0.1, -0.05) is 20.3 Å². The van der Waals surface area contributed by atoms with E-state index in [2.05, 4.69) is 18.7 Å². The Hall–Kier alpha value is -0.570. The second-order valence-electron chi connectivity index (χ2n) is 5.83. The van der Waals surface area contributed by atoms with Gasteiger partial charge in [-0.2, -0.15) is 0 Å². The molecule has 2 fully saturated rings. The Balaban J connectivity index is 2.00. The molecule has 1 aliphatic carbocycles. The Morgan fingerprint density at radius 1 is 1.38 bits per heavy atom. The quantitative estimate of drug-likeness (QED) is 0.774. The van der Waals surface area contributed by atoms with Crippen LogP contribution in [-0.4, -0.2) is 30.4 Å². The van der Waals surface area contributed by atoms with Crippen LogP contribution >= 0.6 is 0 Å². The Morgan fingerprint density at radius 2 is 2.06 bits per heavy atom. The van der Waals surface area contributed by atoms with Crippen LogP contribution in [0.2, 0.25) is 0 Å². The van der Waals surface area contributed by atoms with Gasteiger partial charge in [-0.25, -0.2) is 0 Å². The van der Waals surface area contributed by atoms with E-state index in [9.17, 15) is 4.79 Å². The number of hydrogen-bond donors (Lipinski definition) is 1. The normalized spacial score (nSPS) is 33.3. The van der Waals surface area contributed by atoms with Gasteiger partial charge in [0.25, 0.3) is 0 Å². The van der Waals surface area contributed by atoms with Crippen LogP contribution in [0.4, 0.5) is 0 Å². The number of carbonyl (C=O) groups excluding carboxylic acids is 1. The lowest BCUT2D eigenvalue weighted by Gasteiger charge is -2.45. The van der Waals surface area contributed by atoms with E-state index in [1.807, 2.05) is 0 Å². The molecule has 2 aliphatic rings. The molecule has 2 atom stereocenters. The van der Waals surface area contributed by atoms with Crippen LogP contribution < -0.4 is 5.73 Å². The highest BCUT2D eigenvalue weighted by Crippen LogP contribution is 2.42. The number of piperidine rings is 1. The number of likely N-dealkylation sites (tertiary alicyclic amines) is 1. The summed E-state index contributed by atoms with van der Waals surface area (Å²) < 4.78 is 0. The molecule has 2 rings (SSSR count). The van der Waals surface area contributed by atoms with Crippen molar-refractivity contribution in [3.8, 4) is 0 Å². The highest BCUT2D eigenvalue weighted by Gasteiger charge is 2.45. The highest BCUT2D eigenvalue weighted by molar-refractivity contribution is 5.84. The summed E-state index contributed by atoms with van der Waals surface area (Å²) in [6.45, 7) is 6.94. The molecule has 1 saturated heterocycles. The summed E-state index contributed by atoms with van der Waals surface area (Å²) in [5, 5.41) is 0. The van der Waals surface area contributed by atoms with Gasteiger partial charge < -0.3 is 10.6 Å². The molecule has 92 valence electrons. The summed E-state index contributed by atoms with van der Waals surface area (Å²) in [7, 11) is 0. The van der Waals surface area contributed by atoms with Gasteiger partial charge in [0, 0.05) is 19.6 Å². The summed E-state index contributed by atoms with van der Waals surface area (Å²) in [5.74, 6) is 1.71. The molecule has 0 radical (unpaired) electrons. The fourth-order valence-corrected chi connectivity index (χ4v) is 2.89. The Morgan fingerprint density at radius 3 is 2.50 bits per heavy atom. The Kier molecular flexibility index (Phi) is 3.24. The molecule has 1 saturated carbocycles. The predicted molar refractivity (Wildman–Crippen MR) is 64.9 cm³/mol. The van der Waals surface area contributed by atoms with Crippen LogP contribution in [0.3, 0.4) is 0 Å². The maximum Gasteiger partial charge on any atom is 0.230 e. The van der Waals surface area contributed by atoms with Gasteiger partial charge in [0.15, 0.2) is 0 Å². The van der Waals surface area contributed by atoms with Gasteiger partial charge in [0.05, 0.1) is 5.41 Å². The largest absolute Gasteiger partial charge is 0.342 e. The van der Waals surface area contributed by atoms with Crippen molar-refractivity contribution in [3.63, 3.8) is 0 Å². The van der Waals surface area contributed by atoms with Gasteiger partial charge in [0.1, 0.15) is 0 Å². The third-order valence-corrected chi connectivity index (χ3v) is 4.78. The molecule has 2 N–H and O–H groups in total. The molecule has 1 heterocycles. The van der Waals surface area contributed by atoms with E-state index in [-0.39, 0.29) is 5.41 Å². The number of hydrogen-bond acceptors (Lipinski definition) is 2. The maximum absolute atomic E-state index is 12.4. The van der Waals surface area contributed by atoms with Crippen LogP contribution in [0.15, 0.2) is 0 Å². The lowest BCUT2D eigenvalue weighted by atomic mass is 9.67. The van der Waals surface area contributed by atoms with E-state index in [1.54, 1.807) is 0 Å². The topological polar surface area (TPSA) is 46.3 Å². The van der Waals surface area contributed by atoms with Gasteiger partial charge in [-0.15, -0.1) is 0 Å². The van der Waals surface area contributed by atoms with Crippen molar-refractivity contribution in [3.05, 3.63) is 0 Å². The van der Waals surface area contributed by atoms with E-state index < -0.39 is 0 Å². The average Bonchev–Trinajstić information content (AvgIpc) is 2.21. The molecule has 0 spiro atoms. The van der Waals surface area contributed by atoms with Crippen LogP contribution in [0.25, 0.3) is 0 Å². The molecule has 1 amide bonds. The van der Waals surface area contributed by atoms with Crippen LogP contribution in [0, 0.1) is 17.3 Å². The number of nitrogens with two attached hydrogens (primary N) is 1. The third-order valence-electron chi connectivity index (χ3n) is 4.78. The SMILES string of the molecule is CC1CCN(C(=O)C2(CN)CCC2)CC1C. The second kappa shape index (κ2) is 4.36. The molecule has 0 aromatic rings. The zero-order valence-electron chi connectivity index (χ0n) is 10.5. The van der Waals surface area contributed by atoms with Crippen molar-refractivity contribution in [2.75, 3.05) is 19.6 Å². The summed E-state index contributed by atoms with van der Waals surface area (Å²) in [6, 6.07) is 0. The summed E-state index contributed by atoms with van der Waals surface area (Å²) in [5.41, 5.74) is 5.61. The number of carbonyl (C=O) groups is 1. The van der Waals surface area contributed by atoms with Crippen LogP contribution in [0.5, 0.6) is 0 Å². The highest BCUT2D eigenvalue weighted by atomic mass is 16.2. The van der Waals surface area contributed by atoms with Crippen molar-refractivity contribution in [1.29, 1.82) is 0 Å². The molecule has 1 aliphatic heterocycles. The first-order chi connectivity index (χ1) is 7.59. The van der Waals surface area contributed by atoms with Crippen molar-refractivity contribution in [2.24, 2.45) is 23.0 Å². The minimum Gasteiger partial charge on any atom is -0.342 e.